The number of amides is 2. The summed E-state index contributed by atoms with van der Waals surface area (Å²) >= 11 is 7.67. The molecule has 0 radical (unpaired) electrons. The van der Waals surface area contributed by atoms with E-state index in [0.717, 1.165) is 10.4 Å². The largest absolute Gasteiger partial charge is 0.481 e. The molecule has 194 valence electrons. The number of hydrogen-bond acceptors (Lipinski definition) is 4. The lowest BCUT2D eigenvalue weighted by Crippen LogP contribution is -2.35. The summed E-state index contributed by atoms with van der Waals surface area (Å²) in [5.74, 6) is -1.51. The van der Waals surface area contributed by atoms with Crippen molar-refractivity contribution >= 4 is 40.7 Å². The van der Waals surface area contributed by atoms with E-state index in [-0.39, 0.29) is 24.8 Å². The predicted molar refractivity (Wildman–Crippen MR) is 151 cm³/mol. The molecule has 0 saturated carbocycles. The number of thiophene rings is 1. The third-order valence-corrected chi connectivity index (χ3v) is 7.22. The van der Waals surface area contributed by atoms with Crippen LogP contribution in [0, 0.1) is 0 Å². The first-order chi connectivity index (χ1) is 18.4. The Balaban J connectivity index is 1.60. The van der Waals surface area contributed by atoms with E-state index in [9.17, 15) is 19.5 Å². The van der Waals surface area contributed by atoms with Crippen LogP contribution in [0.15, 0.2) is 90.3 Å². The Morgan fingerprint density at radius 2 is 1.55 bits per heavy atom. The van der Waals surface area contributed by atoms with Gasteiger partial charge in [-0.15, -0.1) is 11.3 Å². The van der Waals surface area contributed by atoms with Gasteiger partial charge in [0, 0.05) is 40.7 Å². The highest BCUT2D eigenvalue weighted by Crippen LogP contribution is 2.29. The third-order valence-electron chi connectivity index (χ3n) is 6.05. The van der Waals surface area contributed by atoms with Crippen LogP contribution in [0.2, 0.25) is 5.02 Å². The van der Waals surface area contributed by atoms with Crippen LogP contribution in [-0.2, 0) is 17.8 Å². The van der Waals surface area contributed by atoms with E-state index in [0.29, 0.717) is 46.8 Å². The molecule has 0 bridgehead atoms. The molecular formula is C30H27ClN2O4S. The minimum Gasteiger partial charge on any atom is -0.481 e. The van der Waals surface area contributed by atoms with Crippen molar-refractivity contribution in [2.75, 3.05) is 13.1 Å². The molecule has 2 amide bonds. The molecule has 3 aromatic carbocycles. The summed E-state index contributed by atoms with van der Waals surface area (Å²) in [6.45, 7) is 0.790. The third kappa shape index (κ3) is 7.09. The molecule has 4 aromatic rings. The number of halogens is 1. The minimum atomic E-state index is -0.964. The van der Waals surface area contributed by atoms with Crippen molar-refractivity contribution in [3.05, 3.63) is 117 Å². The van der Waals surface area contributed by atoms with Crippen molar-refractivity contribution in [1.82, 2.24) is 10.2 Å². The van der Waals surface area contributed by atoms with Gasteiger partial charge in [-0.1, -0.05) is 66.2 Å². The van der Waals surface area contributed by atoms with E-state index in [1.807, 2.05) is 53.9 Å². The second kappa shape index (κ2) is 13.0. The summed E-state index contributed by atoms with van der Waals surface area (Å²) in [5, 5.41) is 14.8. The van der Waals surface area contributed by atoms with Gasteiger partial charge in [0.15, 0.2) is 0 Å². The Hall–Kier alpha value is -3.94. The van der Waals surface area contributed by atoms with Gasteiger partial charge in [0.25, 0.3) is 11.8 Å². The maximum atomic E-state index is 13.8. The Kier molecular flexibility index (Phi) is 9.30. The number of aliphatic carboxylic acids is 1. The first-order valence-corrected chi connectivity index (χ1v) is 13.4. The van der Waals surface area contributed by atoms with Crippen LogP contribution in [0.3, 0.4) is 0 Å². The number of carbonyl (C=O) groups excluding carboxylic acids is 2. The van der Waals surface area contributed by atoms with Crippen LogP contribution in [0.5, 0.6) is 0 Å². The average Bonchev–Trinajstić information content (AvgIpc) is 3.45. The molecular weight excluding hydrogens is 520 g/mol. The summed E-state index contributed by atoms with van der Waals surface area (Å²) in [6, 6.07) is 25.5. The number of rotatable bonds is 11. The fraction of sp³-hybridized carbons (Fsp3) is 0.167. The van der Waals surface area contributed by atoms with Gasteiger partial charge in [0.1, 0.15) is 0 Å². The molecule has 0 aliphatic carbocycles. The summed E-state index contributed by atoms with van der Waals surface area (Å²) in [4.78, 5) is 41.0. The Morgan fingerprint density at radius 1 is 0.842 bits per heavy atom. The Bertz CT molecular complexity index is 1420. The molecule has 0 aliphatic rings. The van der Waals surface area contributed by atoms with Gasteiger partial charge in [-0.05, 0) is 58.8 Å². The summed E-state index contributed by atoms with van der Waals surface area (Å²) < 4.78 is 0. The zero-order valence-electron chi connectivity index (χ0n) is 20.6. The number of nitrogens with one attached hydrogen (secondary N) is 1. The topological polar surface area (TPSA) is 86.7 Å². The Labute approximate surface area is 230 Å². The normalized spacial score (nSPS) is 10.7. The molecule has 4 rings (SSSR count). The van der Waals surface area contributed by atoms with Gasteiger partial charge < -0.3 is 15.3 Å². The number of nitrogens with zero attached hydrogens (tertiary/aromatic N) is 1. The van der Waals surface area contributed by atoms with Crippen molar-refractivity contribution in [3.8, 4) is 11.1 Å². The molecule has 0 saturated heterocycles. The van der Waals surface area contributed by atoms with E-state index < -0.39 is 5.97 Å². The van der Waals surface area contributed by atoms with E-state index in [4.69, 9.17) is 11.6 Å². The number of benzene rings is 3. The summed E-state index contributed by atoms with van der Waals surface area (Å²) in [6.07, 6.45) is 0.481. The van der Waals surface area contributed by atoms with Crippen molar-refractivity contribution in [1.29, 1.82) is 0 Å². The second-order valence-electron chi connectivity index (χ2n) is 8.67. The highest BCUT2D eigenvalue weighted by Gasteiger charge is 2.22. The van der Waals surface area contributed by atoms with Crippen molar-refractivity contribution < 1.29 is 19.5 Å². The minimum absolute atomic E-state index is 0.0929. The first-order valence-electron chi connectivity index (χ1n) is 12.2. The van der Waals surface area contributed by atoms with E-state index in [1.165, 1.54) is 0 Å². The second-order valence-corrected chi connectivity index (χ2v) is 10.1. The summed E-state index contributed by atoms with van der Waals surface area (Å²) in [7, 11) is 0. The predicted octanol–water partition coefficient (Wildman–Crippen LogP) is 6.16. The van der Waals surface area contributed by atoms with Crippen molar-refractivity contribution in [2.45, 2.75) is 19.4 Å². The molecule has 0 fully saturated rings. The van der Waals surface area contributed by atoms with E-state index in [2.05, 4.69) is 5.32 Å². The lowest BCUT2D eigenvalue weighted by Gasteiger charge is -2.23. The maximum absolute atomic E-state index is 13.8. The standard InChI is InChI=1S/C30H27ClN2O4S/c31-22-8-5-7-21(19-22)20-32-29(36)26-12-3-1-10-24(26)25-11-2-4-13-27(25)30(37)33(17-15-28(34)35)16-14-23-9-6-18-38-23/h1-13,18-19H,14-17,20H2,(H,32,36)(H,34,35). The van der Waals surface area contributed by atoms with E-state index in [1.54, 1.807) is 52.6 Å². The monoisotopic (exact) mass is 546 g/mol. The number of carboxylic acid groups (broad SMARTS) is 1. The quantitative estimate of drug-likeness (QED) is 0.236. The zero-order chi connectivity index (χ0) is 26.9. The van der Waals surface area contributed by atoms with Gasteiger partial charge in [-0.3, -0.25) is 14.4 Å². The molecule has 0 unspecified atom stereocenters. The van der Waals surface area contributed by atoms with E-state index >= 15 is 0 Å². The fourth-order valence-electron chi connectivity index (χ4n) is 4.16. The maximum Gasteiger partial charge on any atom is 0.305 e. The van der Waals surface area contributed by atoms with Gasteiger partial charge >= 0.3 is 5.97 Å². The number of carbonyl (C=O) groups is 3. The first kappa shape index (κ1) is 27.1. The SMILES string of the molecule is O=C(O)CCN(CCc1cccs1)C(=O)c1ccccc1-c1ccccc1C(=O)NCc1cccc(Cl)c1. The molecule has 8 heteroatoms. The number of carboxylic acids is 1. The molecule has 1 aromatic heterocycles. The van der Waals surface area contributed by atoms with Crippen LogP contribution >= 0.6 is 22.9 Å². The fourth-order valence-corrected chi connectivity index (χ4v) is 5.07. The van der Waals surface area contributed by atoms with Crippen molar-refractivity contribution in [3.63, 3.8) is 0 Å². The smallest absolute Gasteiger partial charge is 0.305 e. The molecule has 1 heterocycles. The number of hydrogen-bond donors (Lipinski definition) is 2. The molecule has 0 aliphatic heterocycles. The van der Waals surface area contributed by atoms with Gasteiger partial charge in [-0.25, -0.2) is 0 Å². The van der Waals surface area contributed by atoms with Crippen LogP contribution < -0.4 is 5.32 Å². The van der Waals surface area contributed by atoms with Crippen LogP contribution in [0.1, 0.15) is 37.6 Å². The van der Waals surface area contributed by atoms with Crippen molar-refractivity contribution in [2.24, 2.45) is 0 Å². The van der Waals surface area contributed by atoms with Gasteiger partial charge in [0.2, 0.25) is 0 Å². The molecule has 0 spiro atoms. The van der Waals surface area contributed by atoms with Gasteiger partial charge in [-0.2, -0.15) is 0 Å². The highest BCUT2D eigenvalue weighted by molar-refractivity contribution is 7.09. The average molecular weight is 547 g/mol. The summed E-state index contributed by atoms with van der Waals surface area (Å²) in [5.41, 5.74) is 2.96. The zero-order valence-corrected chi connectivity index (χ0v) is 22.2. The van der Waals surface area contributed by atoms with Gasteiger partial charge in [0.05, 0.1) is 6.42 Å². The molecule has 0 atom stereocenters. The molecule has 6 nitrogen and oxygen atoms in total. The van der Waals surface area contributed by atoms with Crippen LogP contribution in [0.25, 0.3) is 11.1 Å². The van der Waals surface area contributed by atoms with Crippen LogP contribution in [-0.4, -0.2) is 40.9 Å². The molecule has 2 N–H and O–H groups in total. The lowest BCUT2D eigenvalue weighted by atomic mass is 9.94. The Morgan fingerprint density at radius 3 is 2.24 bits per heavy atom. The lowest BCUT2D eigenvalue weighted by molar-refractivity contribution is -0.137. The highest BCUT2D eigenvalue weighted by atomic mass is 35.5. The molecule has 38 heavy (non-hydrogen) atoms. The van der Waals surface area contributed by atoms with Crippen LogP contribution in [0.4, 0.5) is 0 Å².